The lowest BCUT2D eigenvalue weighted by atomic mass is 9.97. The smallest absolute Gasteiger partial charge is 0.137 e. The molecule has 0 bridgehead atoms. The van der Waals surface area contributed by atoms with Gasteiger partial charge in [-0.1, -0.05) is 158 Å². The van der Waals surface area contributed by atoms with Gasteiger partial charge in [0.05, 0.1) is 27.6 Å². The highest BCUT2D eigenvalue weighted by Gasteiger charge is 2.21. The molecule has 0 aliphatic carbocycles. The lowest BCUT2D eigenvalue weighted by molar-refractivity contribution is 0.669. The summed E-state index contributed by atoms with van der Waals surface area (Å²) < 4.78 is 8.84. The fourth-order valence-electron chi connectivity index (χ4n) is 9.35. The van der Waals surface area contributed by atoms with Crippen molar-refractivity contribution in [2.24, 2.45) is 0 Å². The predicted octanol–water partition coefficient (Wildman–Crippen LogP) is 15.8. The molecule has 59 heavy (non-hydrogen) atoms. The molecule has 0 saturated carbocycles. The van der Waals surface area contributed by atoms with Crippen LogP contribution in [0.5, 0.6) is 0 Å². The number of anilines is 3. The van der Waals surface area contributed by atoms with Crippen molar-refractivity contribution in [3.05, 3.63) is 218 Å². The summed E-state index contributed by atoms with van der Waals surface area (Å²) in [5.74, 6) is 0. The zero-order chi connectivity index (χ0) is 38.9. The minimum Gasteiger partial charge on any atom is -0.456 e. The second-order valence-corrected chi connectivity index (χ2v) is 15.3. The van der Waals surface area contributed by atoms with E-state index in [1.54, 1.807) is 0 Å². The van der Waals surface area contributed by atoms with Crippen LogP contribution in [0.2, 0.25) is 0 Å². The van der Waals surface area contributed by atoms with E-state index in [-0.39, 0.29) is 0 Å². The average Bonchev–Trinajstić information content (AvgIpc) is 3.86. The van der Waals surface area contributed by atoms with Gasteiger partial charge >= 0.3 is 0 Å². The van der Waals surface area contributed by atoms with E-state index in [0.29, 0.717) is 0 Å². The number of aromatic nitrogens is 1. The second kappa shape index (κ2) is 13.4. The van der Waals surface area contributed by atoms with Crippen molar-refractivity contribution in [1.82, 2.24) is 4.40 Å². The zero-order valence-corrected chi connectivity index (χ0v) is 32.1. The van der Waals surface area contributed by atoms with Gasteiger partial charge in [-0.3, -0.25) is 0 Å². The molecule has 0 fully saturated rings. The number of fused-ring (bicyclic) bond motifs is 9. The van der Waals surface area contributed by atoms with Crippen molar-refractivity contribution < 1.29 is 4.42 Å². The van der Waals surface area contributed by atoms with Gasteiger partial charge in [-0.2, -0.15) is 0 Å². The Morgan fingerprint density at radius 1 is 0.339 bits per heavy atom. The number of pyridine rings is 1. The molecule has 0 unspecified atom stereocenters. The standard InChI is InChI=1S/C56H36N2O/c1-2-14-40(15-3-1)55-47-18-6-8-22-50(47)58-49-23-11-21-45(46(49)35-36-52(55)58)39-29-33-42(34-30-39)57(51-24-12-26-54-56(51)48-19-7-9-25-53(48)59-54)41-31-27-38(28-32-41)44-20-10-16-37-13-4-5-17-43(37)44/h1-36H. The molecule has 0 amide bonds. The van der Waals surface area contributed by atoms with E-state index in [9.17, 15) is 0 Å². The second-order valence-electron chi connectivity index (χ2n) is 15.3. The number of rotatable bonds is 6. The number of hydrogen-bond acceptors (Lipinski definition) is 2. The monoisotopic (exact) mass is 752 g/mol. The van der Waals surface area contributed by atoms with E-state index in [4.69, 9.17) is 4.42 Å². The van der Waals surface area contributed by atoms with Crippen LogP contribution in [0.15, 0.2) is 223 Å². The fourth-order valence-corrected chi connectivity index (χ4v) is 9.35. The zero-order valence-electron chi connectivity index (χ0n) is 32.1. The van der Waals surface area contributed by atoms with Gasteiger partial charge in [0.15, 0.2) is 0 Å². The first-order valence-electron chi connectivity index (χ1n) is 20.2. The maximum Gasteiger partial charge on any atom is 0.137 e. The van der Waals surface area contributed by atoms with Gasteiger partial charge in [0.1, 0.15) is 11.2 Å². The molecular formula is C56H36N2O. The van der Waals surface area contributed by atoms with Crippen molar-refractivity contribution in [3.63, 3.8) is 0 Å². The van der Waals surface area contributed by atoms with Crippen molar-refractivity contribution in [2.75, 3.05) is 4.90 Å². The van der Waals surface area contributed by atoms with Crippen LogP contribution in [0.25, 0.3) is 93.4 Å². The number of para-hydroxylation sites is 2. The summed E-state index contributed by atoms with van der Waals surface area (Å²) in [6, 6.07) is 78.6. The van der Waals surface area contributed by atoms with E-state index in [2.05, 4.69) is 216 Å². The Bertz CT molecular complexity index is 3540. The average molecular weight is 753 g/mol. The van der Waals surface area contributed by atoms with Crippen molar-refractivity contribution in [1.29, 1.82) is 0 Å². The van der Waals surface area contributed by atoms with E-state index < -0.39 is 0 Å². The number of furan rings is 1. The molecule has 276 valence electrons. The molecule has 3 heterocycles. The minimum absolute atomic E-state index is 0.868. The Balaban J connectivity index is 1.01. The highest BCUT2D eigenvalue weighted by Crippen LogP contribution is 2.45. The van der Waals surface area contributed by atoms with Crippen molar-refractivity contribution >= 4 is 77.1 Å². The third-order valence-electron chi connectivity index (χ3n) is 12.0. The molecule has 0 radical (unpaired) electrons. The van der Waals surface area contributed by atoms with E-state index in [1.807, 2.05) is 12.1 Å². The lowest BCUT2D eigenvalue weighted by Crippen LogP contribution is -2.10. The summed E-state index contributed by atoms with van der Waals surface area (Å²) in [6.07, 6.45) is 0. The first-order chi connectivity index (χ1) is 29.3. The van der Waals surface area contributed by atoms with Gasteiger partial charge in [-0.15, -0.1) is 0 Å². The van der Waals surface area contributed by atoms with Crippen LogP contribution in [0, 0.1) is 0 Å². The molecule has 3 heteroatoms. The van der Waals surface area contributed by atoms with Gasteiger partial charge in [0.2, 0.25) is 0 Å². The Labute approximate surface area is 341 Å². The summed E-state index contributed by atoms with van der Waals surface area (Å²) in [5, 5.41) is 7.15. The van der Waals surface area contributed by atoms with Crippen LogP contribution in [0.4, 0.5) is 17.1 Å². The van der Waals surface area contributed by atoms with Gasteiger partial charge in [0.25, 0.3) is 0 Å². The fraction of sp³-hybridized carbons (Fsp3) is 0. The number of nitrogens with zero attached hydrogens (tertiary/aromatic N) is 2. The van der Waals surface area contributed by atoms with Gasteiger partial charge in [-0.25, -0.2) is 0 Å². The quantitative estimate of drug-likeness (QED) is 0.169. The van der Waals surface area contributed by atoms with Crippen LogP contribution in [-0.4, -0.2) is 4.40 Å². The largest absolute Gasteiger partial charge is 0.456 e. The lowest BCUT2D eigenvalue weighted by Gasteiger charge is -2.27. The molecular weight excluding hydrogens is 717 g/mol. The minimum atomic E-state index is 0.868. The van der Waals surface area contributed by atoms with Crippen LogP contribution in [0.3, 0.4) is 0 Å². The first-order valence-corrected chi connectivity index (χ1v) is 20.2. The van der Waals surface area contributed by atoms with Gasteiger partial charge in [0, 0.05) is 33.1 Å². The molecule has 9 aromatic carbocycles. The Kier molecular flexibility index (Phi) is 7.54. The highest BCUT2D eigenvalue weighted by atomic mass is 16.3. The maximum absolute atomic E-state index is 6.41. The Morgan fingerprint density at radius 2 is 0.898 bits per heavy atom. The first kappa shape index (κ1) is 33.3. The van der Waals surface area contributed by atoms with Crippen LogP contribution < -0.4 is 4.90 Å². The van der Waals surface area contributed by atoms with E-state index in [1.165, 1.54) is 65.9 Å². The highest BCUT2D eigenvalue weighted by molar-refractivity contribution is 6.14. The van der Waals surface area contributed by atoms with E-state index in [0.717, 1.165) is 44.6 Å². The van der Waals surface area contributed by atoms with Crippen LogP contribution >= 0.6 is 0 Å². The summed E-state index contributed by atoms with van der Waals surface area (Å²) in [7, 11) is 0. The molecule has 0 N–H and O–H groups in total. The molecule has 12 aromatic rings. The molecule has 12 rings (SSSR count). The summed E-state index contributed by atoms with van der Waals surface area (Å²) in [4.78, 5) is 2.37. The van der Waals surface area contributed by atoms with Gasteiger partial charge < -0.3 is 13.7 Å². The molecule has 0 spiro atoms. The predicted molar refractivity (Wildman–Crippen MR) is 248 cm³/mol. The third kappa shape index (κ3) is 5.29. The van der Waals surface area contributed by atoms with Gasteiger partial charge in [-0.05, 0) is 99.3 Å². The van der Waals surface area contributed by atoms with Crippen LogP contribution in [-0.2, 0) is 0 Å². The van der Waals surface area contributed by atoms with Crippen LogP contribution in [0.1, 0.15) is 0 Å². The summed E-state index contributed by atoms with van der Waals surface area (Å²) in [6.45, 7) is 0. The molecule has 3 aromatic heterocycles. The number of hydrogen-bond donors (Lipinski definition) is 0. The Morgan fingerprint density at radius 3 is 1.68 bits per heavy atom. The summed E-state index contributed by atoms with van der Waals surface area (Å²) >= 11 is 0. The molecule has 0 saturated heterocycles. The third-order valence-corrected chi connectivity index (χ3v) is 12.0. The van der Waals surface area contributed by atoms with Crippen molar-refractivity contribution in [2.45, 2.75) is 0 Å². The topological polar surface area (TPSA) is 20.8 Å². The number of benzene rings is 9. The maximum atomic E-state index is 6.41. The van der Waals surface area contributed by atoms with Crippen molar-refractivity contribution in [3.8, 4) is 33.4 Å². The SMILES string of the molecule is c1ccc(-c2c3ccccc3n3c2ccc2c(-c4ccc(N(c5ccc(-c6cccc7ccccc67)cc5)c5cccc6oc7ccccc7c56)cc4)cccc23)cc1. The normalized spacial score (nSPS) is 11.7. The molecule has 0 aliphatic heterocycles. The Hall–Kier alpha value is -7.88. The molecule has 3 nitrogen and oxygen atoms in total. The summed E-state index contributed by atoms with van der Waals surface area (Å²) in [5.41, 5.74) is 15.8. The molecule has 0 aliphatic rings. The van der Waals surface area contributed by atoms with E-state index >= 15 is 0 Å². The molecule has 0 atom stereocenters.